The maximum Gasteiger partial charge on any atom is 0.409 e. The van der Waals surface area contributed by atoms with Crippen molar-refractivity contribution in [1.82, 2.24) is 4.90 Å². The van der Waals surface area contributed by atoms with Crippen LogP contribution >= 0.6 is 0 Å². The van der Waals surface area contributed by atoms with E-state index in [-0.39, 0.29) is 24.1 Å². The Morgan fingerprint density at radius 2 is 1.93 bits per heavy atom. The summed E-state index contributed by atoms with van der Waals surface area (Å²) in [5, 5.41) is 0. The van der Waals surface area contributed by atoms with Crippen LogP contribution in [0.1, 0.15) is 25.7 Å². The summed E-state index contributed by atoms with van der Waals surface area (Å²) >= 11 is 0. The molecule has 1 amide bonds. The first kappa shape index (κ1) is 9.49. The van der Waals surface area contributed by atoms with Gasteiger partial charge in [0.05, 0.1) is 7.11 Å². The fourth-order valence-corrected chi connectivity index (χ4v) is 2.73. The topological polar surface area (TPSA) is 46.6 Å². The minimum absolute atomic E-state index is 0.147. The van der Waals surface area contributed by atoms with Crippen molar-refractivity contribution in [2.75, 3.05) is 7.11 Å². The Balaban J connectivity index is 2.10. The molecule has 0 aliphatic carbocycles. The first-order chi connectivity index (χ1) is 6.76. The van der Waals surface area contributed by atoms with Gasteiger partial charge in [-0.3, -0.25) is 0 Å². The lowest BCUT2D eigenvalue weighted by atomic mass is 9.92. The van der Waals surface area contributed by atoms with Gasteiger partial charge in [-0.1, -0.05) is 0 Å². The highest BCUT2D eigenvalue weighted by Gasteiger charge is 2.43. The Morgan fingerprint density at radius 1 is 1.36 bits per heavy atom. The van der Waals surface area contributed by atoms with Crippen molar-refractivity contribution in [3.8, 4) is 0 Å². The van der Waals surface area contributed by atoms with Gasteiger partial charge in [-0.25, -0.2) is 4.79 Å². The molecule has 0 N–H and O–H groups in total. The van der Waals surface area contributed by atoms with E-state index < -0.39 is 0 Å². The molecule has 4 heteroatoms. The second-order valence-electron chi connectivity index (χ2n) is 4.13. The summed E-state index contributed by atoms with van der Waals surface area (Å²) in [5.41, 5.74) is 0. The van der Waals surface area contributed by atoms with E-state index in [0.29, 0.717) is 0 Å². The smallest absolute Gasteiger partial charge is 0.409 e. The van der Waals surface area contributed by atoms with E-state index in [2.05, 4.69) is 0 Å². The highest BCUT2D eigenvalue weighted by Crippen LogP contribution is 2.38. The summed E-state index contributed by atoms with van der Waals surface area (Å²) in [6.45, 7) is 0. The average Bonchev–Trinajstić information content (AvgIpc) is 2.48. The maximum absolute atomic E-state index is 11.4. The van der Waals surface area contributed by atoms with Gasteiger partial charge in [0, 0.05) is 18.0 Å². The number of fused-ring (bicyclic) bond motifs is 2. The lowest BCUT2D eigenvalue weighted by molar-refractivity contribution is -0.113. The zero-order valence-corrected chi connectivity index (χ0v) is 8.31. The molecule has 0 aromatic carbocycles. The normalized spacial score (nSPS) is 35.5. The predicted octanol–water partition coefficient (Wildman–Crippen LogP) is 1.19. The lowest BCUT2D eigenvalue weighted by Gasteiger charge is -2.35. The van der Waals surface area contributed by atoms with E-state index in [0.717, 1.165) is 32.0 Å². The van der Waals surface area contributed by atoms with Crippen LogP contribution in [0, 0.1) is 5.92 Å². The van der Waals surface area contributed by atoms with Crippen LogP contribution in [-0.4, -0.2) is 36.5 Å². The number of hydrogen-bond acceptors (Lipinski definition) is 3. The Labute approximate surface area is 83.2 Å². The summed E-state index contributed by atoms with van der Waals surface area (Å²) in [7, 11) is 1.41. The number of piperidine rings is 1. The maximum atomic E-state index is 11.4. The van der Waals surface area contributed by atoms with Gasteiger partial charge < -0.3 is 14.4 Å². The quantitative estimate of drug-likeness (QED) is 0.593. The molecule has 78 valence electrons. The monoisotopic (exact) mass is 197 g/mol. The average molecular weight is 197 g/mol. The van der Waals surface area contributed by atoms with Crippen LogP contribution in [0.25, 0.3) is 0 Å². The largest absolute Gasteiger partial charge is 0.453 e. The third-order valence-corrected chi connectivity index (χ3v) is 3.35. The minimum Gasteiger partial charge on any atom is -0.453 e. The van der Waals surface area contributed by atoms with Crippen molar-refractivity contribution in [3.05, 3.63) is 0 Å². The fourth-order valence-electron chi connectivity index (χ4n) is 2.73. The molecule has 4 nitrogen and oxygen atoms in total. The van der Waals surface area contributed by atoms with Gasteiger partial charge >= 0.3 is 6.09 Å². The van der Waals surface area contributed by atoms with Crippen LogP contribution in [0.4, 0.5) is 4.79 Å². The van der Waals surface area contributed by atoms with Gasteiger partial charge in [0.15, 0.2) is 0 Å². The van der Waals surface area contributed by atoms with Gasteiger partial charge in [0.25, 0.3) is 0 Å². The summed E-state index contributed by atoms with van der Waals surface area (Å²) in [6.07, 6.45) is 4.46. The van der Waals surface area contributed by atoms with E-state index >= 15 is 0 Å². The molecule has 0 spiro atoms. The summed E-state index contributed by atoms with van der Waals surface area (Å²) < 4.78 is 4.74. The molecule has 0 saturated carbocycles. The predicted molar refractivity (Wildman–Crippen MR) is 49.8 cm³/mol. The molecule has 0 unspecified atom stereocenters. The van der Waals surface area contributed by atoms with Crippen molar-refractivity contribution in [3.63, 3.8) is 0 Å². The van der Waals surface area contributed by atoms with Gasteiger partial charge in [-0.15, -0.1) is 0 Å². The van der Waals surface area contributed by atoms with Crippen molar-refractivity contribution in [2.45, 2.75) is 37.8 Å². The number of aldehydes is 1. The molecular weight excluding hydrogens is 182 g/mol. The zero-order chi connectivity index (χ0) is 10.1. The van der Waals surface area contributed by atoms with E-state index in [1.165, 1.54) is 7.11 Å². The van der Waals surface area contributed by atoms with Crippen LogP contribution in [-0.2, 0) is 9.53 Å². The standard InChI is InChI=1S/C10H15NO3/c1-14-10(13)11-8-2-3-9(11)5-7(4-8)6-12/h6-9H,2-5H2,1H3/t7-,8-,9+. The SMILES string of the molecule is COC(=O)N1[C@@H]2CC[C@H]1C[C@H](C=O)C2. The number of carbonyl (C=O) groups is 2. The van der Waals surface area contributed by atoms with Crippen LogP contribution in [0.15, 0.2) is 0 Å². The van der Waals surface area contributed by atoms with Gasteiger partial charge in [-0.2, -0.15) is 0 Å². The van der Waals surface area contributed by atoms with Crippen LogP contribution in [0.2, 0.25) is 0 Å². The molecule has 2 aliphatic heterocycles. The molecule has 0 radical (unpaired) electrons. The van der Waals surface area contributed by atoms with E-state index in [4.69, 9.17) is 4.74 Å². The van der Waals surface area contributed by atoms with Crippen LogP contribution < -0.4 is 0 Å². The highest BCUT2D eigenvalue weighted by molar-refractivity contribution is 5.69. The number of nitrogens with zero attached hydrogens (tertiary/aromatic N) is 1. The van der Waals surface area contributed by atoms with Crippen LogP contribution in [0.3, 0.4) is 0 Å². The van der Waals surface area contributed by atoms with Crippen molar-refractivity contribution < 1.29 is 14.3 Å². The van der Waals surface area contributed by atoms with E-state index in [1.807, 2.05) is 4.90 Å². The Hall–Kier alpha value is -1.06. The Morgan fingerprint density at radius 3 is 2.36 bits per heavy atom. The Bertz CT molecular complexity index is 240. The molecular formula is C10H15NO3. The number of ether oxygens (including phenoxy) is 1. The summed E-state index contributed by atoms with van der Waals surface area (Å²) in [5.74, 6) is 0.147. The number of hydrogen-bond donors (Lipinski definition) is 0. The Kier molecular flexibility index (Phi) is 2.44. The number of amides is 1. The van der Waals surface area contributed by atoms with Crippen molar-refractivity contribution in [2.24, 2.45) is 5.92 Å². The molecule has 2 fully saturated rings. The fraction of sp³-hybridized carbons (Fsp3) is 0.800. The zero-order valence-electron chi connectivity index (χ0n) is 8.31. The molecule has 2 rings (SSSR count). The van der Waals surface area contributed by atoms with E-state index in [9.17, 15) is 9.59 Å². The molecule has 0 aromatic heterocycles. The van der Waals surface area contributed by atoms with E-state index in [1.54, 1.807) is 0 Å². The number of carbonyl (C=O) groups excluding carboxylic acids is 2. The second-order valence-corrected chi connectivity index (χ2v) is 4.13. The summed E-state index contributed by atoms with van der Waals surface area (Å²) in [4.78, 5) is 23.9. The number of rotatable bonds is 1. The molecule has 2 saturated heterocycles. The highest BCUT2D eigenvalue weighted by atomic mass is 16.5. The first-order valence-electron chi connectivity index (χ1n) is 5.08. The molecule has 2 heterocycles. The molecule has 2 aliphatic rings. The summed E-state index contributed by atoms with van der Waals surface area (Å²) in [6, 6.07) is 0.466. The third-order valence-electron chi connectivity index (χ3n) is 3.35. The van der Waals surface area contributed by atoms with Gasteiger partial charge in [0.2, 0.25) is 0 Å². The number of methoxy groups -OCH3 is 1. The molecule has 2 bridgehead atoms. The van der Waals surface area contributed by atoms with Crippen LogP contribution in [0.5, 0.6) is 0 Å². The van der Waals surface area contributed by atoms with Crippen molar-refractivity contribution in [1.29, 1.82) is 0 Å². The first-order valence-corrected chi connectivity index (χ1v) is 5.08. The van der Waals surface area contributed by atoms with Gasteiger partial charge in [0.1, 0.15) is 6.29 Å². The minimum atomic E-state index is -0.234. The van der Waals surface area contributed by atoms with Gasteiger partial charge in [-0.05, 0) is 25.7 Å². The molecule has 14 heavy (non-hydrogen) atoms. The molecule has 3 atom stereocenters. The van der Waals surface area contributed by atoms with Crippen molar-refractivity contribution >= 4 is 12.4 Å². The second kappa shape index (κ2) is 3.59. The lowest BCUT2D eigenvalue weighted by Crippen LogP contribution is -2.46. The third kappa shape index (κ3) is 1.38. The molecule has 0 aromatic rings.